The smallest absolute Gasteiger partial charge is 0.340 e. The van der Waals surface area contributed by atoms with Crippen LogP contribution in [0.15, 0.2) is 18.2 Å². The average Bonchev–Trinajstić information content (AvgIpc) is 2.88. The standard InChI is InChI=1S/C20H24N2O3/c1-5-25-20(24)17-13(3)18(21-14(17)4)19(23)22-10-6-7-15-11-12(2)8-9-16(15)22/h8-9,11,21H,5-7,10H2,1-4H3. The molecule has 5 heteroatoms. The van der Waals surface area contributed by atoms with Crippen LogP contribution in [0.2, 0.25) is 0 Å². The van der Waals surface area contributed by atoms with E-state index in [1.807, 2.05) is 17.0 Å². The summed E-state index contributed by atoms with van der Waals surface area (Å²) in [7, 11) is 0. The molecule has 1 N–H and O–H groups in total. The number of nitrogens with zero attached hydrogens (tertiary/aromatic N) is 1. The molecule has 3 rings (SSSR count). The van der Waals surface area contributed by atoms with Crippen LogP contribution >= 0.6 is 0 Å². The lowest BCUT2D eigenvalue weighted by molar-refractivity contribution is 0.0525. The molecular formula is C20H24N2O3. The Balaban J connectivity index is 1.98. The van der Waals surface area contributed by atoms with Gasteiger partial charge >= 0.3 is 5.97 Å². The van der Waals surface area contributed by atoms with Crippen molar-refractivity contribution in [2.45, 2.75) is 40.5 Å². The van der Waals surface area contributed by atoms with Gasteiger partial charge in [-0.3, -0.25) is 4.79 Å². The van der Waals surface area contributed by atoms with E-state index in [9.17, 15) is 9.59 Å². The molecule has 1 aromatic carbocycles. The van der Waals surface area contributed by atoms with E-state index in [0.717, 1.165) is 18.5 Å². The summed E-state index contributed by atoms with van der Waals surface area (Å²) in [6.45, 7) is 8.41. The summed E-state index contributed by atoms with van der Waals surface area (Å²) < 4.78 is 5.11. The van der Waals surface area contributed by atoms with E-state index in [0.29, 0.717) is 35.7 Å². The van der Waals surface area contributed by atoms with E-state index in [1.165, 1.54) is 11.1 Å². The predicted molar refractivity (Wildman–Crippen MR) is 97.4 cm³/mol. The number of nitrogens with one attached hydrogen (secondary N) is 1. The second-order valence-electron chi connectivity index (χ2n) is 6.54. The number of hydrogen-bond donors (Lipinski definition) is 1. The fraction of sp³-hybridized carbons (Fsp3) is 0.400. The molecule has 0 aliphatic carbocycles. The van der Waals surface area contributed by atoms with E-state index in [-0.39, 0.29) is 11.9 Å². The minimum atomic E-state index is -0.387. The highest BCUT2D eigenvalue weighted by Gasteiger charge is 2.29. The van der Waals surface area contributed by atoms with Crippen LogP contribution in [0.25, 0.3) is 0 Å². The number of carbonyl (C=O) groups excluding carboxylic acids is 2. The van der Waals surface area contributed by atoms with Gasteiger partial charge in [0.2, 0.25) is 0 Å². The zero-order valence-corrected chi connectivity index (χ0v) is 15.2. The number of fused-ring (bicyclic) bond motifs is 1. The topological polar surface area (TPSA) is 62.4 Å². The van der Waals surface area contributed by atoms with Crippen molar-refractivity contribution in [3.05, 3.63) is 51.8 Å². The number of H-pyrrole nitrogens is 1. The summed E-state index contributed by atoms with van der Waals surface area (Å²) in [4.78, 5) is 30.2. The third kappa shape index (κ3) is 3.06. The second kappa shape index (κ2) is 6.75. The number of aromatic amines is 1. The number of hydrogen-bond acceptors (Lipinski definition) is 3. The molecule has 0 fully saturated rings. The molecule has 1 amide bonds. The van der Waals surface area contributed by atoms with E-state index in [2.05, 4.69) is 18.0 Å². The van der Waals surface area contributed by atoms with Gasteiger partial charge in [-0.05, 0) is 57.7 Å². The number of aromatic nitrogens is 1. The van der Waals surface area contributed by atoms with E-state index >= 15 is 0 Å². The fourth-order valence-corrected chi connectivity index (χ4v) is 3.55. The van der Waals surface area contributed by atoms with Gasteiger partial charge in [-0.25, -0.2) is 4.79 Å². The van der Waals surface area contributed by atoms with Gasteiger partial charge in [0.1, 0.15) is 5.69 Å². The van der Waals surface area contributed by atoms with Gasteiger partial charge in [0, 0.05) is 17.9 Å². The van der Waals surface area contributed by atoms with Gasteiger partial charge in [-0.15, -0.1) is 0 Å². The molecule has 132 valence electrons. The number of rotatable bonds is 3. The number of anilines is 1. The first-order valence-electron chi connectivity index (χ1n) is 8.71. The lowest BCUT2D eigenvalue weighted by atomic mass is 9.99. The molecule has 2 heterocycles. The van der Waals surface area contributed by atoms with Crippen molar-refractivity contribution in [2.24, 2.45) is 0 Å². The Morgan fingerprint density at radius 1 is 1.24 bits per heavy atom. The van der Waals surface area contributed by atoms with Crippen molar-refractivity contribution in [2.75, 3.05) is 18.1 Å². The number of carbonyl (C=O) groups is 2. The Kier molecular flexibility index (Phi) is 4.66. The first-order valence-corrected chi connectivity index (χ1v) is 8.71. The molecular weight excluding hydrogens is 316 g/mol. The molecule has 0 radical (unpaired) electrons. The lowest BCUT2D eigenvalue weighted by Gasteiger charge is -2.29. The summed E-state index contributed by atoms with van der Waals surface area (Å²) in [6, 6.07) is 6.19. The average molecular weight is 340 g/mol. The van der Waals surface area contributed by atoms with Crippen LogP contribution in [0.3, 0.4) is 0 Å². The number of aryl methyl sites for hydroxylation is 3. The quantitative estimate of drug-likeness (QED) is 0.867. The maximum Gasteiger partial charge on any atom is 0.340 e. The summed E-state index contributed by atoms with van der Waals surface area (Å²) in [5.41, 5.74) is 5.61. The normalized spacial score (nSPS) is 13.5. The molecule has 5 nitrogen and oxygen atoms in total. The molecule has 1 aliphatic rings. The Labute approximate surface area is 148 Å². The first-order chi connectivity index (χ1) is 11.9. The zero-order chi connectivity index (χ0) is 18.1. The summed E-state index contributed by atoms with van der Waals surface area (Å²) in [5.74, 6) is -0.483. The first kappa shape index (κ1) is 17.3. The molecule has 0 saturated heterocycles. The minimum Gasteiger partial charge on any atom is -0.462 e. The zero-order valence-electron chi connectivity index (χ0n) is 15.2. The van der Waals surface area contributed by atoms with Crippen LogP contribution in [0.4, 0.5) is 5.69 Å². The highest BCUT2D eigenvalue weighted by Crippen LogP contribution is 2.30. The fourth-order valence-electron chi connectivity index (χ4n) is 3.55. The second-order valence-corrected chi connectivity index (χ2v) is 6.54. The van der Waals surface area contributed by atoms with Crippen LogP contribution in [-0.4, -0.2) is 30.0 Å². The maximum atomic E-state index is 13.2. The molecule has 0 spiro atoms. The summed E-state index contributed by atoms with van der Waals surface area (Å²) in [6.07, 6.45) is 1.92. The number of benzene rings is 1. The molecule has 2 aromatic rings. The van der Waals surface area contributed by atoms with Crippen molar-refractivity contribution >= 4 is 17.6 Å². The molecule has 1 aromatic heterocycles. The van der Waals surface area contributed by atoms with Crippen LogP contribution in [-0.2, 0) is 11.2 Å². The Morgan fingerprint density at radius 2 is 2.00 bits per heavy atom. The van der Waals surface area contributed by atoms with Gasteiger partial charge in [0.25, 0.3) is 5.91 Å². The number of amides is 1. The molecule has 0 saturated carbocycles. The maximum absolute atomic E-state index is 13.2. The molecule has 25 heavy (non-hydrogen) atoms. The van der Waals surface area contributed by atoms with Crippen molar-refractivity contribution < 1.29 is 14.3 Å². The van der Waals surface area contributed by atoms with Crippen LogP contribution in [0, 0.1) is 20.8 Å². The van der Waals surface area contributed by atoms with Crippen molar-refractivity contribution in [3.8, 4) is 0 Å². The third-order valence-electron chi connectivity index (χ3n) is 4.73. The van der Waals surface area contributed by atoms with Crippen LogP contribution in [0.1, 0.15) is 56.6 Å². The summed E-state index contributed by atoms with van der Waals surface area (Å²) in [5, 5.41) is 0. The molecule has 1 aliphatic heterocycles. The third-order valence-corrected chi connectivity index (χ3v) is 4.73. The highest BCUT2D eigenvalue weighted by molar-refractivity contribution is 6.08. The monoisotopic (exact) mass is 340 g/mol. The van der Waals surface area contributed by atoms with E-state index < -0.39 is 0 Å². The highest BCUT2D eigenvalue weighted by atomic mass is 16.5. The minimum absolute atomic E-state index is 0.0963. The Morgan fingerprint density at radius 3 is 2.72 bits per heavy atom. The largest absolute Gasteiger partial charge is 0.462 e. The number of esters is 1. The Hall–Kier alpha value is -2.56. The van der Waals surface area contributed by atoms with Crippen molar-refractivity contribution in [1.29, 1.82) is 0 Å². The molecule has 0 bridgehead atoms. The van der Waals surface area contributed by atoms with Gasteiger partial charge in [-0.1, -0.05) is 17.7 Å². The predicted octanol–water partition coefficient (Wildman–Crippen LogP) is 3.71. The van der Waals surface area contributed by atoms with Crippen molar-refractivity contribution in [3.63, 3.8) is 0 Å². The summed E-state index contributed by atoms with van der Waals surface area (Å²) >= 11 is 0. The van der Waals surface area contributed by atoms with E-state index in [4.69, 9.17) is 4.74 Å². The van der Waals surface area contributed by atoms with E-state index in [1.54, 1.807) is 20.8 Å². The van der Waals surface area contributed by atoms with Gasteiger partial charge < -0.3 is 14.6 Å². The van der Waals surface area contributed by atoms with Gasteiger partial charge in [0.05, 0.1) is 12.2 Å². The molecule has 0 unspecified atom stereocenters. The van der Waals surface area contributed by atoms with Crippen LogP contribution in [0.5, 0.6) is 0 Å². The lowest BCUT2D eigenvalue weighted by Crippen LogP contribution is -2.36. The number of ether oxygens (including phenoxy) is 1. The van der Waals surface area contributed by atoms with Gasteiger partial charge in [-0.2, -0.15) is 0 Å². The van der Waals surface area contributed by atoms with Gasteiger partial charge in [0.15, 0.2) is 0 Å². The SMILES string of the molecule is CCOC(=O)c1c(C)[nH]c(C(=O)N2CCCc3cc(C)ccc32)c1C. The van der Waals surface area contributed by atoms with Crippen LogP contribution < -0.4 is 4.90 Å². The Bertz CT molecular complexity index is 836. The van der Waals surface area contributed by atoms with Crippen molar-refractivity contribution in [1.82, 2.24) is 4.98 Å². The molecule has 0 atom stereocenters.